The molecule has 1 fully saturated rings. The lowest BCUT2D eigenvalue weighted by Gasteiger charge is -2.37. The van der Waals surface area contributed by atoms with Gasteiger partial charge in [0.15, 0.2) is 5.82 Å². The van der Waals surface area contributed by atoms with E-state index in [-0.39, 0.29) is 11.8 Å². The molecule has 2 N–H and O–H groups in total. The summed E-state index contributed by atoms with van der Waals surface area (Å²) in [5.74, 6) is 0.932. The highest BCUT2D eigenvalue weighted by Gasteiger charge is 2.30. The average molecular weight is 559 g/mol. The highest BCUT2D eigenvalue weighted by Crippen LogP contribution is 2.44. The molecule has 1 aromatic heterocycles. The molecular formula is C27H33ClFN6O2P. The number of para-hydroxylation sites is 1. The predicted octanol–water partition coefficient (Wildman–Crippen LogP) is 5.47. The first-order chi connectivity index (χ1) is 18.1. The van der Waals surface area contributed by atoms with E-state index in [9.17, 15) is 4.57 Å². The van der Waals surface area contributed by atoms with Crippen LogP contribution in [0.2, 0.25) is 5.02 Å². The van der Waals surface area contributed by atoms with Gasteiger partial charge in [-0.25, -0.2) is 9.37 Å². The smallest absolute Gasteiger partial charge is 0.229 e. The Morgan fingerprint density at radius 3 is 2.61 bits per heavy atom. The van der Waals surface area contributed by atoms with E-state index in [1.54, 1.807) is 13.3 Å². The first kappa shape index (κ1) is 26.7. The molecule has 1 saturated heterocycles. The topological polar surface area (TPSA) is 82.6 Å². The van der Waals surface area contributed by atoms with E-state index in [1.807, 2.05) is 24.3 Å². The van der Waals surface area contributed by atoms with Gasteiger partial charge in [0.1, 0.15) is 23.7 Å². The zero-order valence-electron chi connectivity index (χ0n) is 22.1. The Bertz CT molecular complexity index is 1390. The van der Waals surface area contributed by atoms with E-state index in [1.165, 1.54) is 12.3 Å². The highest BCUT2D eigenvalue weighted by atomic mass is 35.5. The molecule has 38 heavy (non-hydrogen) atoms. The van der Waals surface area contributed by atoms with Crippen molar-refractivity contribution in [3.8, 4) is 5.75 Å². The van der Waals surface area contributed by atoms with Crippen molar-refractivity contribution in [2.24, 2.45) is 0 Å². The number of nitrogens with one attached hydrogen (secondary N) is 2. The zero-order valence-corrected chi connectivity index (χ0v) is 23.7. The largest absolute Gasteiger partial charge is 0.491 e. The fourth-order valence-corrected chi connectivity index (χ4v) is 6.47. The van der Waals surface area contributed by atoms with Crippen LogP contribution in [0.15, 0.2) is 36.5 Å². The lowest BCUT2D eigenvalue weighted by atomic mass is 10.0. The van der Waals surface area contributed by atoms with E-state index < -0.39 is 7.14 Å². The van der Waals surface area contributed by atoms with Gasteiger partial charge in [-0.15, -0.1) is 0 Å². The summed E-state index contributed by atoms with van der Waals surface area (Å²) in [5.41, 5.74) is 2.64. The summed E-state index contributed by atoms with van der Waals surface area (Å²) in [5, 5.41) is 7.32. The third-order valence-electron chi connectivity index (χ3n) is 7.14. The summed E-state index contributed by atoms with van der Waals surface area (Å²) in [6.45, 7) is 5.53. The van der Waals surface area contributed by atoms with Crippen molar-refractivity contribution in [1.29, 1.82) is 0 Å². The van der Waals surface area contributed by atoms with Crippen LogP contribution in [-0.4, -0.2) is 68.0 Å². The summed E-state index contributed by atoms with van der Waals surface area (Å²) in [6.07, 6.45) is 4.10. The standard InChI is InChI=1S/C27H33ClFN6O2P/c1-34(2)17-9-12-35(13-10-17)24-18-11-14-37-25(18)22(15-20(24)29)32-27-30-16-19(28)26(33-27)31-21-7-5-6-8-23(21)38(3,4)36/h5-8,15-17H,9-14H2,1-4H3,(H2,30,31,32,33). The van der Waals surface area contributed by atoms with Gasteiger partial charge in [0.2, 0.25) is 5.95 Å². The van der Waals surface area contributed by atoms with Crippen LogP contribution in [0.4, 0.5) is 33.2 Å². The van der Waals surface area contributed by atoms with Crippen molar-refractivity contribution in [3.63, 3.8) is 0 Å². The van der Waals surface area contributed by atoms with Crippen LogP contribution < -0.4 is 25.6 Å². The van der Waals surface area contributed by atoms with Crippen LogP contribution in [0, 0.1) is 5.82 Å². The number of hydrogen-bond acceptors (Lipinski definition) is 8. The van der Waals surface area contributed by atoms with Gasteiger partial charge >= 0.3 is 0 Å². The number of hydrogen-bond donors (Lipinski definition) is 2. The van der Waals surface area contributed by atoms with Crippen LogP contribution in [0.1, 0.15) is 18.4 Å². The minimum absolute atomic E-state index is 0.238. The predicted molar refractivity (Wildman–Crippen MR) is 154 cm³/mol. The number of anilines is 5. The SMILES string of the molecule is CN(C)C1CCN(c2c(F)cc(Nc3ncc(Cl)c(Nc4ccccc4P(C)(C)=O)n3)c3c2CCO3)CC1. The maximum Gasteiger partial charge on any atom is 0.229 e. The molecule has 5 rings (SSSR count). The highest BCUT2D eigenvalue weighted by molar-refractivity contribution is 7.70. The molecule has 2 aliphatic heterocycles. The molecule has 202 valence electrons. The van der Waals surface area contributed by atoms with Crippen molar-refractivity contribution in [2.45, 2.75) is 25.3 Å². The number of piperidine rings is 1. The summed E-state index contributed by atoms with van der Waals surface area (Å²) in [7, 11) is 1.65. The fourth-order valence-electron chi connectivity index (χ4n) is 5.18. The number of aromatic nitrogens is 2. The normalized spacial score (nSPS) is 15.9. The lowest BCUT2D eigenvalue weighted by molar-refractivity contribution is 0.249. The molecule has 2 aromatic carbocycles. The molecule has 0 aliphatic carbocycles. The van der Waals surface area contributed by atoms with E-state index in [0.717, 1.165) is 31.5 Å². The maximum atomic E-state index is 15.6. The van der Waals surface area contributed by atoms with E-state index in [4.69, 9.17) is 16.3 Å². The van der Waals surface area contributed by atoms with Crippen LogP contribution in [-0.2, 0) is 11.0 Å². The molecule has 2 aliphatic rings. The molecule has 3 heterocycles. The van der Waals surface area contributed by atoms with Crippen molar-refractivity contribution in [1.82, 2.24) is 14.9 Å². The summed E-state index contributed by atoms with van der Waals surface area (Å²) < 4.78 is 34.3. The van der Waals surface area contributed by atoms with Crippen molar-refractivity contribution < 1.29 is 13.7 Å². The quantitative estimate of drug-likeness (QED) is 0.370. The number of rotatable bonds is 7. The van der Waals surface area contributed by atoms with Crippen LogP contribution in [0.3, 0.4) is 0 Å². The Morgan fingerprint density at radius 1 is 1.16 bits per heavy atom. The summed E-state index contributed by atoms with van der Waals surface area (Å²) in [6, 6.07) is 9.32. The Balaban J connectivity index is 1.41. The van der Waals surface area contributed by atoms with Gasteiger partial charge < -0.3 is 29.7 Å². The molecule has 3 aromatic rings. The molecule has 0 unspecified atom stereocenters. The zero-order chi connectivity index (χ0) is 27.0. The molecule has 0 saturated carbocycles. The monoisotopic (exact) mass is 558 g/mol. The maximum absolute atomic E-state index is 15.6. The molecule has 11 heteroatoms. The number of ether oxygens (including phenoxy) is 1. The molecule has 0 spiro atoms. The van der Waals surface area contributed by atoms with Crippen molar-refractivity contribution in [2.75, 3.05) is 62.7 Å². The lowest BCUT2D eigenvalue weighted by Crippen LogP contribution is -2.42. The Hall–Kier alpha value is -2.87. The van der Waals surface area contributed by atoms with Gasteiger partial charge in [-0.1, -0.05) is 23.7 Å². The summed E-state index contributed by atoms with van der Waals surface area (Å²) in [4.78, 5) is 13.2. The van der Waals surface area contributed by atoms with E-state index in [0.29, 0.717) is 58.0 Å². The first-order valence-electron chi connectivity index (χ1n) is 12.7. The third-order valence-corrected chi connectivity index (χ3v) is 8.97. The van der Waals surface area contributed by atoms with E-state index >= 15 is 4.39 Å². The van der Waals surface area contributed by atoms with Gasteiger partial charge in [-0.3, -0.25) is 0 Å². The van der Waals surface area contributed by atoms with Gasteiger partial charge in [0.05, 0.1) is 29.9 Å². The molecular weight excluding hydrogens is 526 g/mol. The molecule has 8 nitrogen and oxygen atoms in total. The number of benzene rings is 2. The second-order valence-electron chi connectivity index (χ2n) is 10.4. The van der Waals surface area contributed by atoms with Crippen LogP contribution in [0.5, 0.6) is 5.75 Å². The van der Waals surface area contributed by atoms with Crippen LogP contribution in [0.25, 0.3) is 0 Å². The Kier molecular flexibility index (Phi) is 7.54. The molecule has 0 atom stereocenters. The van der Waals surface area contributed by atoms with Gasteiger partial charge in [-0.05, 0) is 52.4 Å². The number of halogens is 2. The number of nitrogens with zero attached hydrogens (tertiary/aromatic N) is 4. The molecule has 0 amide bonds. The average Bonchev–Trinajstić information content (AvgIpc) is 3.36. The fraction of sp³-hybridized carbons (Fsp3) is 0.407. The first-order valence-corrected chi connectivity index (χ1v) is 15.7. The Morgan fingerprint density at radius 2 is 1.89 bits per heavy atom. The molecule has 0 bridgehead atoms. The van der Waals surface area contributed by atoms with Gasteiger partial charge in [0, 0.05) is 42.5 Å². The Labute approximate surface area is 227 Å². The van der Waals surface area contributed by atoms with Gasteiger partial charge in [-0.2, -0.15) is 4.98 Å². The second kappa shape index (κ2) is 10.7. The second-order valence-corrected chi connectivity index (χ2v) is 13.9. The van der Waals surface area contributed by atoms with Crippen molar-refractivity contribution >= 4 is 52.9 Å². The summed E-state index contributed by atoms with van der Waals surface area (Å²) >= 11 is 6.39. The van der Waals surface area contributed by atoms with Gasteiger partial charge in [0.25, 0.3) is 0 Å². The van der Waals surface area contributed by atoms with Crippen molar-refractivity contribution in [3.05, 3.63) is 52.9 Å². The minimum atomic E-state index is -2.54. The number of fused-ring (bicyclic) bond motifs is 1. The minimum Gasteiger partial charge on any atom is -0.491 e. The third kappa shape index (κ3) is 5.46. The molecule has 0 radical (unpaired) electrons. The van der Waals surface area contributed by atoms with Crippen LogP contribution >= 0.6 is 18.7 Å². The van der Waals surface area contributed by atoms with E-state index in [2.05, 4.69) is 44.5 Å².